The molecule has 0 aromatic heterocycles. The van der Waals surface area contributed by atoms with Crippen molar-refractivity contribution in [2.75, 3.05) is 46.4 Å². The molecule has 0 saturated carbocycles. The number of hydrogen-bond donors (Lipinski definition) is 0. The van der Waals surface area contributed by atoms with Crippen molar-refractivity contribution >= 4 is 12.4 Å². The van der Waals surface area contributed by atoms with Crippen LogP contribution in [0.25, 0.3) is 11.1 Å². The second-order valence-electron chi connectivity index (χ2n) is 6.24. The minimum absolute atomic E-state index is 0. The highest BCUT2D eigenvalue weighted by Gasteiger charge is 2.12. The van der Waals surface area contributed by atoms with Crippen molar-refractivity contribution < 1.29 is 4.74 Å². The zero-order valence-electron chi connectivity index (χ0n) is 14.4. The normalized spacial score (nSPS) is 15.7. The standard InChI is InChI=1S/C20H26N2O.ClH/c1-21-13-15-22(16-14-21)12-5-17-23-20-10-8-19(9-11-20)18-6-3-2-4-7-18;/h2-4,6-11H,5,12-17H2,1H3;1H. The van der Waals surface area contributed by atoms with E-state index in [9.17, 15) is 0 Å². The van der Waals surface area contributed by atoms with Crippen molar-refractivity contribution in [1.82, 2.24) is 9.80 Å². The van der Waals surface area contributed by atoms with Crippen LogP contribution in [0.3, 0.4) is 0 Å². The van der Waals surface area contributed by atoms with Crippen LogP contribution < -0.4 is 4.74 Å². The lowest BCUT2D eigenvalue weighted by molar-refractivity contribution is 0.145. The molecule has 0 N–H and O–H groups in total. The molecule has 4 heteroatoms. The summed E-state index contributed by atoms with van der Waals surface area (Å²) in [6, 6.07) is 18.8. The van der Waals surface area contributed by atoms with Crippen molar-refractivity contribution in [3.8, 4) is 16.9 Å². The molecule has 3 rings (SSSR count). The quantitative estimate of drug-likeness (QED) is 0.740. The Labute approximate surface area is 151 Å². The predicted molar refractivity (Wildman–Crippen MR) is 103 cm³/mol. The molecule has 0 bridgehead atoms. The third-order valence-corrected chi connectivity index (χ3v) is 4.44. The Kier molecular flexibility index (Phi) is 7.57. The fourth-order valence-electron chi connectivity index (χ4n) is 2.92. The van der Waals surface area contributed by atoms with Crippen LogP contribution in [0.1, 0.15) is 6.42 Å². The minimum atomic E-state index is 0. The third-order valence-electron chi connectivity index (χ3n) is 4.44. The van der Waals surface area contributed by atoms with E-state index in [4.69, 9.17) is 4.74 Å². The van der Waals surface area contributed by atoms with E-state index in [1.165, 1.54) is 37.3 Å². The molecule has 1 heterocycles. The topological polar surface area (TPSA) is 15.7 Å². The monoisotopic (exact) mass is 346 g/mol. The molecular weight excluding hydrogens is 320 g/mol. The number of likely N-dealkylation sites (N-methyl/N-ethyl adjacent to an activating group) is 1. The van der Waals surface area contributed by atoms with E-state index < -0.39 is 0 Å². The summed E-state index contributed by atoms with van der Waals surface area (Å²) in [5, 5.41) is 0. The molecule has 1 aliphatic heterocycles. The number of hydrogen-bond acceptors (Lipinski definition) is 3. The first-order valence-corrected chi connectivity index (χ1v) is 8.50. The van der Waals surface area contributed by atoms with Crippen molar-refractivity contribution in [3.63, 3.8) is 0 Å². The van der Waals surface area contributed by atoms with Gasteiger partial charge >= 0.3 is 0 Å². The summed E-state index contributed by atoms with van der Waals surface area (Å²) in [4.78, 5) is 4.92. The average molecular weight is 347 g/mol. The number of piperazine rings is 1. The van der Waals surface area contributed by atoms with Crippen LogP contribution in [0.4, 0.5) is 0 Å². The molecule has 0 spiro atoms. The highest BCUT2D eigenvalue weighted by Crippen LogP contribution is 2.22. The van der Waals surface area contributed by atoms with Gasteiger partial charge in [-0.25, -0.2) is 0 Å². The smallest absolute Gasteiger partial charge is 0.119 e. The Bertz CT molecular complexity index is 580. The van der Waals surface area contributed by atoms with Gasteiger partial charge in [-0.05, 0) is 36.7 Å². The van der Waals surface area contributed by atoms with Gasteiger partial charge in [-0.1, -0.05) is 42.5 Å². The van der Waals surface area contributed by atoms with Gasteiger partial charge in [0.05, 0.1) is 6.61 Å². The SMILES string of the molecule is CN1CCN(CCCOc2ccc(-c3ccccc3)cc2)CC1.Cl. The Morgan fingerprint density at radius 2 is 1.46 bits per heavy atom. The Hall–Kier alpha value is -1.55. The van der Waals surface area contributed by atoms with E-state index in [1.54, 1.807) is 0 Å². The zero-order valence-corrected chi connectivity index (χ0v) is 15.2. The molecule has 3 nitrogen and oxygen atoms in total. The first-order valence-electron chi connectivity index (χ1n) is 8.50. The van der Waals surface area contributed by atoms with E-state index in [-0.39, 0.29) is 12.4 Å². The van der Waals surface area contributed by atoms with Crippen LogP contribution in [0.15, 0.2) is 54.6 Å². The van der Waals surface area contributed by atoms with Gasteiger partial charge in [0, 0.05) is 32.7 Å². The summed E-state index contributed by atoms with van der Waals surface area (Å²) < 4.78 is 5.87. The van der Waals surface area contributed by atoms with Gasteiger partial charge in [-0.3, -0.25) is 0 Å². The summed E-state index contributed by atoms with van der Waals surface area (Å²) in [5.74, 6) is 0.961. The average Bonchev–Trinajstić information content (AvgIpc) is 2.62. The van der Waals surface area contributed by atoms with Gasteiger partial charge in [-0.2, -0.15) is 0 Å². The molecule has 1 fully saturated rings. The molecule has 0 amide bonds. The maximum absolute atomic E-state index is 5.87. The van der Waals surface area contributed by atoms with Gasteiger partial charge in [0.15, 0.2) is 0 Å². The Morgan fingerprint density at radius 1 is 0.833 bits per heavy atom. The molecule has 0 radical (unpaired) electrons. The Balaban J connectivity index is 0.00000208. The third kappa shape index (κ3) is 5.52. The molecule has 0 unspecified atom stereocenters. The Morgan fingerprint density at radius 3 is 2.12 bits per heavy atom. The number of benzene rings is 2. The highest BCUT2D eigenvalue weighted by atomic mass is 35.5. The maximum atomic E-state index is 5.87. The van der Waals surface area contributed by atoms with E-state index in [2.05, 4.69) is 65.4 Å². The maximum Gasteiger partial charge on any atom is 0.119 e. The molecule has 1 saturated heterocycles. The summed E-state index contributed by atoms with van der Waals surface area (Å²) in [7, 11) is 2.19. The van der Waals surface area contributed by atoms with Gasteiger partial charge in [-0.15, -0.1) is 12.4 Å². The van der Waals surface area contributed by atoms with E-state index in [1.807, 2.05) is 6.07 Å². The summed E-state index contributed by atoms with van der Waals surface area (Å²) in [5.41, 5.74) is 2.48. The predicted octanol–water partition coefficient (Wildman–Crippen LogP) is 3.79. The number of ether oxygens (including phenoxy) is 1. The van der Waals surface area contributed by atoms with Gasteiger partial charge in [0.1, 0.15) is 5.75 Å². The summed E-state index contributed by atoms with van der Waals surface area (Å²) >= 11 is 0. The minimum Gasteiger partial charge on any atom is -0.494 e. The lowest BCUT2D eigenvalue weighted by Gasteiger charge is -2.32. The fraction of sp³-hybridized carbons (Fsp3) is 0.400. The van der Waals surface area contributed by atoms with Crippen LogP contribution in [0, 0.1) is 0 Å². The van der Waals surface area contributed by atoms with Crippen LogP contribution in [-0.4, -0.2) is 56.2 Å². The van der Waals surface area contributed by atoms with E-state index >= 15 is 0 Å². The van der Waals surface area contributed by atoms with Crippen molar-refractivity contribution in [2.45, 2.75) is 6.42 Å². The molecule has 24 heavy (non-hydrogen) atoms. The fourth-order valence-corrected chi connectivity index (χ4v) is 2.92. The molecule has 0 aliphatic carbocycles. The zero-order chi connectivity index (χ0) is 15.9. The highest BCUT2D eigenvalue weighted by molar-refractivity contribution is 5.85. The summed E-state index contributed by atoms with van der Waals surface area (Å²) in [6.45, 7) is 6.65. The van der Waals surface area contributed by atoms with Crippen LogP contribution in [0.2, 0.25) is 0 Å². The summed E-state index contributed by atoms with van der Waals surface area (Å²) in [6.07, 6.45) is 1.09. The number of nitrogens with zero attached hydrogens (tertiary/aromatic N) is 2. The van der Waals surface area contributed by atoms with Gasteiger partial charge < -0.3 is 14.5 Å². The van der Waals surface area contributed by atoms with Crippen molar-refractivity contribution in [3.05, 3.63) is 54.6 Å². The van der Waals surface area contributed by atoms with E-state index in [0.29, 0.717) is 0 Å². The van der Waals surface area contributed by atoms with Gasteiger partial charge in [0.2, 0.25) is 0 Å². The number of rotatable bonds is 6. The van der Waals surface area contributed by atoms with Crippen molar-refractivity contribution in [1.29, 1.82) is 0 Å². The molecule has 0 atom stereocenters. The molecular formula is C20H27ClN2O. The number of halogens is 1. The largest absolute Gasteiger partial charge is 0.494 e. The lowest BCUT2D eigenvalue weighted by Crippen LogP contribution is -2.44. The molecule has 1 aliphatic rings. The lowest BCUT2D eigenvalue weighted by atomic mass is 10.1. The second-order valence-corrected chi connectivity index (χ2v) is 6.24. The first-order chi connectivity index (χ1) is 11.3. The van der Waals surface area contributed by atoms with Crippen LogP contribution in [-0.2, 0) is 0 Å². The molecule has 130 valence electrons. The van der Waals surface area contributed by atoms with E-state index in [0.717, 1.165) is 25.3 Å². The second kappa shape index (κ2) is 9.67. The first kappa shape index (κ1) is 18.8. The van der Waals surface area contributed by atoms with Crippen LogP contribution >= 0.6 is 12.4 Å². The van der Waals surface area contributed by atoms with Gasteiger partial charge in [0.25, 0.3) is 0 Å². The van der Waals surface area contributed by atoms with Crippen molar-refractivity contribution in [2.24, 2.45) is 0 Å². The van der Waals surface area contributed by atoms with Crippen LogP contribution in [0.5, 0.6) is 5.75 Å². The molecule has 2 aromatic rings. The molecule has 2 aromatic carbocycles.